The third-order valence-corrected chi connectivity index (χ3v) is 3.09. The molecular weight excluding hydrogens is 243 g/mol. The highest BCUT2D eigenvalue weighted by Crippen LogP contribution is 2.27. The van der Waals surface area contributed by atoms with Gasteiger partial charge in [0, 0.05) is 25.3 Å². The maximum absolute atomic E-state index is 13.6. The van der Waals surface area contributed by atoms with Gasteiger partial charge in [-0.1, -0.05) is 0 Å². The fourth-order valence-electron chi connectivity index (χ4n) is 1.92. The van der Waals surface area contributed by atoms with Crippen molar-refractivity contribution in [2.75, 3.05) is 25.1 Å². The van der Waals surface area contributed by atoms with Gasteiger partial charge in [0.05, 0.1) is 12.7 Å². The highest BCUT2D eigenvalue weighted by Gasteiger charge is 2.14. The molecule has 1 rings (SSSR count). The van der Waals surface area contributed by atoms with Crippen LogP contribution >= 0.6 is 0 Å². The number of aryl methyl sites for hydroxylation is 1. The molecule has 1 aromatic rings. The predicted molar refractivity (Wildman–Crippen MR) is 78.1 cm³/mol. The fourth-order valence-corrected chi connectivity index (χ4v) is 1.92. The Hall–Kier alpha value is -1.13. The average molecular weight is 268 g/mol. The lowest BCUT2D eigenvalue weighted by molar-refractivity contribution is 0.0846. The van der Waals surface area contributed by atoms with Crippen LogP contribution in [0, 0.1) is 12.7 Å². The van der Waals surface area contributed by atoms with E-state index in [-0.39, 0.29) is 18.0 Å². The van der Waals surface area contributed by atoms with E-state index in [1.165, 1.54) is 6.07 Å². The van der Waals surface area contributed by atoms with Crippen LogP contribution in [-0.4, -0.2) is 26.3 Å². The van der Waals surface area contributed by atoms with Gasteiger partial charge in [-0.05, 0) is 51.0 Å². The van der Waals surface area contributed by atoms with Gasteiger partial charge in [0.25, 0.3) is 0 Å². The molecule has 1 atom stereocenters. The van der Waals surface area contributed by atoms with Gasteiger partial charge in [0.1, 0.15) is 5.82 Å². The quantitative estimate of drug-likeness (QED) is 0.862. The van der Waals surface area contributed by atoms with Crippen molar-refractivity contribution in [1.82, 2.24) is 0 Å². The van der Waals surface area contributed by atoms with Crippen LogP contribution in [0.25, 0.3) is 0 Å². The maximum atomic E-state index is 13.6. The zero-order valence-corrected chi connectivity index (χ0v) is 12.5. The molecule has 0 radical (unpaired) electrons. The van der Waals surface area contributed by atoms with Crippen LogP contribution in [0.3, 0.4) is 0 Å². The first-order valence-electron chi connectivity index (χ1n) is 6.71. The van der Waals surface area contributed by atoms with Gasteiger partial charge in [-0.25, -0.2) is 4.39 Å². The molecule has 3 nitrogen and oxygen atoms in total. The van der Waals surface area contributed by atoms with Crippen molar-refractivity contribution in [2.45, 2.75) is 39.8 Å². The van der Waals surface area contributed by atoms with Gasteiger partial charge in [-0.2, -0.15) is 0 Å². The van der Waals surface area contributed by atoms with Crippen LogP contribution in [0.2, 0.25) is 0 Å². The van der Waals surface area contributed by atoms with Crippen LogP contribution in [0.4, 0.5) is 10.1 Å². The monoisotopic (exact) mass is 268 g/mol. The Morgan fingerprint density at radius 1 is 1.32 bits per heavy atom. The van der Waals surface area contributed by atoms with E-state index < -0.39 is 0 Å². The predicted octanol–water partition coefficient (Wildman–Crippen LogP) is 3.02. The van der Waals surface area contributed by atoms with E-state index in [1.54, 1.807) is 6.92 Å². The van der Waals surface area contributed by atoms with Crippen molar-refractivity contribution in [3.05, 3.63) is 29.1 Å². The molecule has 0 aliphatic carbocycles. The van der Waals surface area contributed by atoms with Crippen molar-refractivity contribution >= 4 is 5.69 Å². The largest absolute Gasteiger partial charge is 0.377 e. The number of ether oxygens (including phenoxy) is 1. The van der Waals surface area contributed by atoms with Crippen LogP contribution in [0.15, 0.2) is 12.1 Å². The molecule has 0 bridgehead atoms. The fraction of sp³-hybridized carbons (Fsp3) is 0.600. The van der Waals surface area contributed by atoms with Crippen molar-refractivity contribution in [2.24, 2.45) is 5.73 Å². The third-order valence-electron chi connectivity index (χ3n) is 3.09. The number of likely N-dealkylation sites (N-methyl/N-ethyl adjacent to an activating group) is 1. The first-order chi connectivity index (χ1) is 8.82. The zero-order valence-electron chi connectivity index (χ0n) is 12.5. The van der Waals surface area contributed by atoms with Gasteiger partial charge >= 0.3 is 0 Å². The molecule has 0 heterocycles. The number of nitrogens with two attached hydrogens (primary N) is 1. The second kappa shape index (κ2) is 6.87. The van der Waals surface area contributed by atoms with Crippen LogP contribution in [0.5, 0.6) is 0 Å². The summed E-state index contributed by atoms with van der Waals surface area (Å²) in [6, 6.07) is 3.19. The molecule has 0 saturated heterocycles. The number of benzene rings is 1. The molecule has 0 unspecified atom stereocenters. The molecule has 0 aliphatic heterocycles. The summed E-state index contributed by atoms with van der Waals surface area (Å²) < 4.78 is 19.2. The van der Waals surface area contributed by atoms with Crippen LogP contribution < -0.4 is 10.6 Å². The van der Waals surface area contributed by atoms with Crippen molar-refractivity contribution < 1.29 is 9.13 Å². The average Bonchev–Trinajstić information content (AvgIpc) is 2.31. The smallest absolute Gasteiger partial charge is 0.126 e. The SMILES string of the molecule is Cc1cc(N(C)CCOC(C)C)c([C@H](C)N)cc1F. The minimum absolute atomic E-state index is 0.196. The van der Waals surface area contributed by atoms with Gasteiger partial charge in [-0.3, -0.25) is 0 Å². The zero-order chi connectivity index (χ0) is 14.6. The summed E-state index contributed by atoms with van der Waals surface area (Å²) >= 11 is 0. The van der Waals surface area contributed by atoms with Crippen molar-refractivity contribution in [3.8, 4) is 0 Å². The van der Waals surface area contributed by atoms with E-state index in [0.29, 0.717) is 12.2 Å². The van der Waals surface area contributed by atoms with E-state index in [0.717, 1.165) is 17.8 Å². The lowest BCUT2D eigenvalue weighted by Gasteiger charge is -2.25. The lowest BCUT2D eigenvalue weighted by atomic mass is 10.0. The second-order valence-corrected chi connectivity index (χ2v) is 5.29. The number of rotatable bonds is 6. The first-order valence-corrected chi connectivity index (χ1v) is 6.71. The van der Waals surface area contributed by atoms with E-state index in [9.17, 15) is 4.39 Å². The van der Waals surface area contributed by atoms with Gasteiger partial charge < -0.3 is 15.4 Å². The minimum atomic E-state index is -0.206. The van der Waals surface area contributed by atoms with Gasteiger partial charge in [-0.15, -0.1) is 0 Å². The molecule has 1 aromatic carbocycles. The molecule has 19 heavy (non-hydrogen) atoms. The molecule has 0 amide bonds. The molecular formula is C15H25FN2O. The molecule has 108 valence electrons. The minimum Gasteiger partial charge on any atom is -0.377 e. The molecule has 2 N–H and O–H groups in total. The Bertz CT molecular complexity index is 419. The number of halogens is 1. The highest BCUT2D eigenvalue weighted by atomic mass is 19.1. The number of hydrogen-bond acceptors (Lipinski definition) is 3. The van der Waals surface area contributed by atoms with E-state index in [2.05, 4.69) is 4.90 Å². The molecule has 4 heteroatoms. The standard InChI is InChI=1S/C15H25FN2O/c1-10(2)19-7-6-18(5)15-8-11(3)14(16)9-13(15)12(4)17/h8-10,12H,6-7,17H2,1-5H3/t12-/m0/s1. The van der Waals surface area contributed by atoms with Crippen LogP contribution in [0.1, 0.15) is 37.9 Å². The van der Waals surface area contributed by atoms with Gasteiger partial charge in [0.2, 0.25) is 0 Å². The molecule has 0 aliphatic rings. The number of anilines is 1. The topological polar surface area (TPSA) is 38.5 Å². The Morgan fingerprint density at radius 3 is 2.47 bits per heavy atom. The summed E-state index contributed by atoms with van der Waals surface area (Å²) in [4.78, 5) is 2.06. The molecule has 0 fully saturated rings. The van der Waals surface area contributed by atoms with Gasteiger partial charge in [0.15, 0.2) is 0 Å². The summed E-state index contributed by atoms with van der Waals surface area (Å²) in [5.41, 5.74) is 8.36. The second-order valence-electron chi connectivity index (χ2n) is 5.29. The summed E-state index contributed by atoms with van der Waals surface area (Å²) in [6.45, 7) is 9.05. The molecule has 0 saturated carbocycles. The van der Waals surface area contributed by atoms with Crippen molar-refractivity contribution in [1.29, 1.82) is 0 Å². The highest BCUT2D eigenvalue weighted by molar-refractivity contribution is 5.56. The maximum Gasteiger partial charge on any atom is 0.126 e. The molecule has 0 spiro atoms. The lowest BCUT2D eigenvalue weighted by Crippen LogP contribution is -2.26. The van der Waals surface area contributed by atoms with Crippen molar-refractivity contribution in [3.63, 3.8) is 0 Å². The summed E-state index contributed by atoms with van der Waals surface area (Å²) in [5, 5.41) is 0. The van der Waals surface area contributed by atoms with E-state index in [4.69, 9.17) is 10.5 Å². The van der Waals surface area contributed by atoms with E-state index >= 15 is 0 Å². The van der Waals surface area contributed by atoms with Crippen LogP contribution in [-0.2, 0) is 4.74 Å². The number of nitrogens with zero attached hydrogens (tertiary/aromatic N) is 1. The Balaban J connectivity index is 2.88. The summed E-state index contributed by atoms with van der Waals surface area (Å²) in [5.74, 6) is -0.206. The Kier molecular flexibility index (Phi) is 5.76. The molecule has 0 aromatic heterocycles. The summed E-state index contributed by atoms with van der Waals surface area (Å²) in [6.07, 6.45) is 0.219. The van der Waals surface area contributed by atoms with E-state index in [1.807, 2.05) is 33.9 Å². The number of hydrogen-bond donors (Lipinski definition) is 1. The normalized spacial score (nSPS) is 12.8. The third kappa shape index (κ3) is 4.48. The Morgan fingerprint density at radius 2 is 1.95 bits per heavy atom. The summed E-state index contributed by atoms with van der Waals surface area (Å²) in [7, 11) is 1.97. The Labute approximate surface area is 115 Å². The first kappa shape index (κ1) is 15.9.